The van der Waals surface area contributed by atoms with Crippen LogP contribution in [0.2, 0.25) is 0 Å². The molecule has 2 bridgehead atoms. The lowest BCUT2D eigenvalue weighted by molar-refractivity contribution is 0.0873. The van der Waals surface area contributed by atoms with Crippen molar-refractivity contribution in [3.05, 3.63) is 34.3 Å². The summed E-state index contributed by atoms with van der Waals surface area (Å²) >= 11 is 3.37. The summed E-state index contributed by atoms with van der Waals surface area (Å²) in [6.07, 6.45) is 4.27. The third kappa shape index (κ3) is 2.45. The van der Waals surface area contributed by atoms with Crippen LogP contribution in [0, 0.1) is 5.92 Å². The Labute approximate surface area is 115 Å². The molecule has 1 aromatic rings. The maximum Gasteiger partial charge on any atom is 0.251 e. The highest BCUT2D eigenvalue weighted by Gasteiger charge is 2.40. The van der Waals surface area contributed by atoms with Gasteiger partial charge < -0.3 is 10.1 Å². The molecule has 3 nitrogen and oxygen atoms in total. The SMILES string of the molecule is O=C(NCC1CC2CCC1O2)c1cccc(Br)c1. The van der Waals surface area contributed by atoms with E-state index in [2.05, 4.69) is 21.2 Å². The zero-order valence-corrected chi connectivity index (χ0v) is 11.7. The van der Waals surface area contributed by atoms with Crippen LogP contribution in [-0.4, -0.2) is 24.7 Å². The van der Waals surface area contributed by atoms with Gasteiger partial charge in [0.1, 0.15) is 0 Å². The van der Waals surface area contributed by atoms with Crippen molar-refractivity contribution in [3.8, 4) is 0 Å². The van der Waals surface area contributed by atoms with Crippen LogP contribution in [0.15, 0.2) is 28.7 Å². The van der Waals surface area contributed by atoms with Crippen LogP contribution < -0.4 is 5.32 Å². The Morgan fingerprint density at radius 2 is 2.33 bits per heavy atom. The molecule has 2 saturated heterocycles. The van der Waals surface area contributed by atoms with Gasteiger partial charge in [-0.15, -0.1) is 0 Å². The number of nitrogens with one attached hydrogen (secondary N) is 1. The van der Waals surface area contributed by atoms with Gasteiger partial charge >= 0.3 is 0 Å². The second-order valence-corrected chi connectivity index (χ2v) is 6.01. The molecule has 18 heavy (non-hydrogen) atoms. The monoisotopic (exact) mass is 309 g/mol. The second kappa shape index (κ2) is 5.02. The van der Waals surface area contributed by atoms with E-state index in [1.807, 2.05) is 24.3 Å². The third-order valence-electron chi connectivity index (χ3n) is 3.84. The highest BCUT2D eigenvalue weighted by molar-refractivity contribution is 9.10. The Hall–Kier alpha value is -0.870. The van der Waals surface area contributed by atoms with Gasteiger partial charge in [-0.25, -0.2) is 0 Å². The molecule has 0 aliphatic carbocycles. The summed E-state index contributed by atoms with van der Waals surface area (Å²) in [4.78, 5) is 12.0. The predicted octanol–water partition coefficient (Wildman–Crippen LogP) is 2.75. The fourth-order valence-corrected chi connectivity index (χ4v) is 3.31. The lowest BCUT2D eigenvalue weighted by Gasteiger charge is -2.18. The van der Waals surface area contributed by atoms with Crippen molar-refractivity contribution in [1.29, 1.82) is 0 Å². The van der Waals surface area contributed by atoms with E-state index in [1.54, 1.807) is 0 Å². The van der Waals surface area contributed by atoms with Crippen molar-refractivity contribution in [1.82, 2.24) is 5.32 Å². The Bertz CT molecular complexity index is 463. The van der Waals surface area contributed by atoms with Crippen molar-refractivity contribution in [3.63, 3.8) is 0 Å². The largest absolute Gasteiger partial charge is 0.375 e. The topological polar surface area (TPSA) is 38.3 Å². The number of rotatable bonds is 3. The summed E-state index contributed by atoms with van der Waals surface area (Å²) in [5, 5.41) is 3.01. The van der Waals surface area contributed by atoms with Crippen LogP contribution in [0.5, 0.6) is 0 Å². The van der Waals surface area contributed by atoms with Gasteiger partial charge in [-0.1, -0.05) is 22.0 Å². The lowest BCUT2D eigenvalue weighted by atomic mass is 9.89. The standard InChI is InChI=1S/C14H16BrNO2/c15-11-3-1-2-9(6-11)14(17)16-8-10-7-12-4-5-13(10)18-12/h1-3,6,10,12-13H,4-5,7-8H2,(H,16,17). The number of fused-ring (bicyclic) bond motifs is 2. The van der Waals surface area contributed by atoms with Crippen LogP contribution in [0.25, 0.3) is 0 Å². The fourth-order valence-electron chi connectivity index (χ4n) is 2.91. The molecule has 96 valence electrons. The van der Waals surface area contributed by atoms with Gasteiger partial charge in [0.25, 0.3) is 5.91 Å². The summed E-state index contributed by atoms with van der Waals surface area (Å²) in [6, 6.07) is 7.46. The van der Waals surface area contributed by atoms with Gasteiger partial charge in [-0.05, 0) is 37.5 Å². The molecule has 3 rings (SSSR count). The number of halogens is 1. The molecule has 2 aliphatic heterocycles. The van der Waals surface area contributed by atoms with E-state index in [1.165, 1.54) is 6.42 Å². The summed E-state index contributed by atoms with van der Waals surface area (Å²) in [7, 11) is 0. The number of benzene rings is 1. The molecular formula is C14H16BrNO2. The molecule has 1 N–H and O–H groups in total. The Morgan fingerprint density at radius 3 is 3.00 bits per heavy atom. The number of hydrogen-bond donors (Lipinski definition) is 1. The van der Waals surface area contributed by atoms with Gasteiger partial charge in [-0.2, -0.15) is 0 Å². The molecule has 1 aromatic carbocycles. The average Bonchev–Trinajstić information content (AvgIpc) is 2.98. The number of ether oxygens (including phenoxy) is 1. The van der Waals surface area contributed by atoms with E-state index in [9.17, 15) is 4.79 Å². The molecule has 3 atom stereocenters. The van der Waals surface area contributed by atoms with Gasteiger partial charge in [0, 0.05) is 22.5 Å². The normalized spacial score (nSPS) is 29.5. The molecule has 2 heterocycles. The summed E-state index contributed by atoms with van der Waals surface area (Å²) in [6.45, 7) is 0.729. The zero-order valence-electron chi connectivity index (χ0n) is 10.1. The molecule has 0 saturated carbocycles. The van der Waals surface area contributed by atoms with E-state index in [0.717, 1.165) is 23.9 Å². The lowest BCUT2D eigenvalue weighted by Crippen LogP contribution is -2.33. The molecule has 0 aromatic heterocycles. The Kier molecular flexibility index (Phi) is 3.39. The van der Waals surface area contributed by atoms with Crippen LogP contribution in [0.3, 0.4) is 0 Å². The first kappa shape index (κ1) is 12.2. The van der Waals surface area contributed by atoms with Crippen LogP contribution in [0.4, 0.5) is 0 Å². The number of carbonyl (C=O) groups is 1. The zero-order chi connectivity index (χ0) is 12.5. The van der Waals surface area contributed by atoms with Gasteiger partial charge in [-0.3, -0.25) is 4.79 Å². The Balaban J connectivity index is 1.56. The first-order valence-electron chi connectivity index (χ1n) is 6.41. The van der Waals surface area contributed by atoms with E-state index in [-0.39, 0.29) is 5.91 Å². The van der Waals surface area contributed by atoms with Crippen molar-refractivity contribution in [2.75, 3.05) is 6.54 Å². The molecule has 2 fully saturated rings. The molecule has 4 heteroatoms. The summed E-state index contributed by atoms with van der Waals surface area (Å²) in [5.74, 6) is 0.499. The van der Waals surface area contributed by atoms with E-state index < -0.39 is 0 Å². The molecular weight excluding hydrogens is 294 g/mol. The van der Waals surface area contributed by atoms with Crippen molar-refractivity contribution >= 4 is 21.8 Å². The number of amides is 1. The van der Waals surface area contributed by atoms with Crippen LogP contribution >= 0.6 is 15.9 Å². The predicted molar refractivity (Wildman–Crippen MR) is 72.5 cm³/mol. The van der Waals surface area contributed by atoms with Crippen LogP contribution in [-0.2, 0) is 4.74 Å². The van der Waals surface area contributed by atoms with Crippen molar-refractivity contribution in [2.45, 2.75) is 31.5 Å². The molecule has 3 unspecified atom stereocenters. The minimum atomic E-state index is -0.000858. The van der Waals surface area contributed by atoms with Gasteiger partial charge in [0.2, 0.25) is 0 Å². The maximum absolute atomic E-state index is 12.0. The number of carbonyl (C=O) groups excluding carboxylic acids is 1. The average molecular weight is 310 g/mol. The van der Waals surface area contributed by atoms with Crippen LogP contribution in [0.1, 0.15) is 29.6 Å². The highest BCUT2D eigenvalue weighted by Crippen LogP contribution is 2.38. The number of hydrogen-bond acceptors (Lipinski definition) is 2. The summed E-state index contributed by atoms with van der Waals surface area (Å²) < 4.78 is 6.71. The molecule has 1 amide bonds. The molecule has 2 aliphatic rings. The first-order valence-corrected chi connectivity index (χ1v) is 7.21. The maximum atomic E-state index is 12.0. The van der Waals surface area contributed by atoms with Crippen molar-refractivity contribution < 1.29 is 9.53 Å². The molecule has 0 spiro atoms. The highest BCUT2D eigenvalue weighted by atomic mass is 79.9. The first-order chi connectivity index (χ1) is 8.72. The minimum absolute atomic E-state index is 0.000858. The van der Waals surface area contributed by atoms with Gasteiger partial charge in [0.15, 0.2) is 0 Å². The third-order valence-corrected chi connectivity index (χ3v) is 4.34. The smallest absolute Gasteiger partial charge is 0.251 e. The summed E-state index contributed by atoms with van der Waals surface area (Å²) in [5.41, 5.74) is 0.702. The second-order valence-electron chi connectivity index (χ2n) is 5.09. The van der Waals surface area contributed by atoms with Crippen molar-refractivity contribution in [2.24, 2.45) is 5.92 Å². The van der Waals surface area contributed by atoms with E-state index in [4.69, 9.17) is 4.74 Å². The fraction of sp³-hybridized carbons (Fsp3) is 0.500. The van der Waals surface area contributed by atoms with E-state index in [0.29, 0.717) is 23.7 Å². The molecule has 0 radical (unpaired) electrons. The minimum Gasteiger partial charge on any atom is -0.375 e. The van der Waals surface area contributed by atoms with E-state index >= 15 is 0 Å². The van der Waals surface area contributed by atoms with Gasteiger partial charge in [0.05, 0.1) is 12.2 Å². The quantitative estimate of drug-likeness (QED) is 0.932. The Morgan fingerprint density at radius 1 is 1.44 bits per heavy atom.